The average molecular weight is 379 g/mol. The number of rotatable bonds is 5. The Balaban J connectivity index is 1.73. The molecule has 3 aromatic carbocycles. The fourth-order valence-electron chi connectivity index (χ4n) is 2.58. The smallest absolute Gasteiger partial charge is 0.339 e. The van der Waals surface area contributed by atoms with Crippen molar-refractivity contribution < 1.29 is 12.6 Å². The van der Waals surface area contributed by atoms with E-state index in [-0.39, 0.29) is 10.6 Å². The molecule has 0 saturated heterocycles. The first-order chi connectivity index (χ1) is 12.8. The molecule has 0 aliphatic carbocycles. The van der Waals surface area contributed by atoms with E-state index in [0.29, 0.717) is 0 Å². The summed E-state index contributed by atoms with van der Waals surface area (Å²) < 4.78 is 29.9. The molecule has 0 aromatic heterocycles. The normalized spacial score (nSPS) is 11.7. The minimum Gasteiger partial charge on any atom is -0.379 e. The van der Waals surface area contributed by atoms with Crippen LogP contribution in [0.15, 0.2) is 76.6 Å². The van der Waals surface area contributed by atoms with Crippen LogP contribution in [0.5, 0.6) is 5.75 Å². The molecule has 138 valence electrons. The topological polar surface area (TPSA) is 55.7 Å². The lowest BCUT2D eigenvalue weighted by Crippen LogP contribution is -2.09. The largest absolute Gasteiger partial charge is 0.379 e. The summed E-state index contributed by atoms with van der Waals surface area (Å²) in [6.45, 7) is 5.96. The zero-order valence-electron chi connectivity index (χ0n) is 15.5. The number of hydrogen-bond acceptors (Lipinski definition) is 4. The first kappa shape index (κ1) is 18.9. The van der Waals surface area contributed by atoms with Crippen LogP contribution in [0.3, 0.4) is 0 Å². The second-order valence-corrected chi connectivity index (χ2v) is 8.01. The van der Waals surface area contributed by atoms with Gasteiger partial charge < -0.3 is 4.18 Å². The van der Waals surface area contributed by atoms with Gasteiger partial charge in [-0.2, -0.15) is 8.42 Å². The summed E-state index contributed by atoms with van der Waals surface area (Å²) >= 11 is 0. The second-order valence-electron chi connectivity index (χ2n) is 6.47. The molecule has 4 nitrogen and oxygen atoms in total. The van der Waals surface area contributed by atoms with Gasteiger partial charge in [0.15, 0.2) is 0 Å². The molecule has 0 bridgehead atoms. The van der Waals surface area contributed by atoms with Gasteiger partial charge in [-0.25, -0.2) is 0 Å². The van der Waals surface area contributed by atoms with E-state index in [0.717, 1.165) is 22.4 Å². The molecule has 0 amide bonds. The van der Waals surface area contributed by atoms with E-state index in [1.54, 1.807) is 42.6 Å². The second kappa shape index (κ2) is 7.76. The van der Waals surface area contributed by atoms with Crippen LogP contribution in [-0.4, -0.2) is 14.6 Å². The molecule has 0 atom stereocenters. The molecular formula is C22H21NO3S. The van der Waals surface area contributed by atoms with Crippen LogP contribution in [-0.2, 0) is 10.1 Å². The average Bonchev–Trinajstić information content (AvgIpc) is 2.62. The van der Waals surface area contributed by atoms with Gasteiger partial charge in [-0.3, -0.25) is 4.99 Å². The van der Waals surface area contributed by atoms with Gasteiger partial charge in [-0.15, -0.1) is 0 Å². The summed E-state index contributed by atoms with van der Waals surface area (Å²) in [5.41, 5.74) is 5.05. The number of hydrogen-bond donors (Lipinski definition) is 0. The third-order valence-electron chi connectivity index (χ3n) is 4.10. The minimum atomic E-state index is -3.84. The van der Waals surface area contributed by atoms with Gasteiger partial charge in [0.25, 0.3) is 0 Å². The van der Waals surface area contributed by atoms with E-state index in [4.69, 9.17) is 4.18 Å². The Bertz CT molecular complexity index is 1070. The molecule has 0 heterocycles. The highest BCUT2D eigenvalue weighted by Gasteiger charge is 2.16. The molecule has 0 N–H and O–H groups in total. The maximum Gasteiger partial charge on any atom is 0.339 e. The first-order valence-electron chi connectivity index (χ1n) is 8.56. The van der Waals surface area contributed by atoms with Crippen molar-refractivity contribution in [3.63, 3.8) is 0 Å². The Kier molecular flexibility index (Phi) is 5.42. The molecule has 5 heteroatoms. The molecule has 3 aromatic rings. The van der Waals surface area contributed by atoms with Crippen molar-refractivity contribution in [2.45, 2.75) is 25.7 Å². The molecular weight excluding hydrogens is 358 g/mol. The van der Waals surface area contributed by atoms with Gasteiger partial charge >= 0.3 is 10.1 Å². The molecule has 0 spiro atoms. The van der Waals surface area contributed by atoms with Crippen molar-refractivity contribution in [1.29, 1.82) is 0 Å². The highest BCUT2D eigenvalue weighted by Crippen LogP contribution is 2.21. The molecule has 0 unspecified atom stereocenters. The minimum absolute atomic E-state index is 0.133. The molecule has 27 heavy (non-hydrogen) atoms. The fourth-order valence-corrected chi connectivity index (χ4v) is 3.51. The Labute approximate surface area is 160 Å². The maximum absolute atomic E-state index is 12.3. The number of aliphatic imine (C=N–C) groups is 1. The lowest BCUT2D eigenvalue weighted by Gasteiger charge is -2.07. The van der Waals surface area contributed by atoms with E-state index >= 15 is 0 Å². The maximum atomic E-state index is 12.3. The molecule has 0 saturated carbocycles. The van der Waals surface area contributed by atoms with Gasteiger partial charge in [-0.1, -0.05) is 35.4 Å². The Morgan fingerprint density at radius 3 is 2.07 bits per heavy atom. The lowest BCUT2D eigenvalue weighted by atomic mass is 10.1. The number of benzene rings is 3. The van der Waals surface area contributed by atoms with Crippen molar-refractivity contribution in [3.8, 4) is 5.75 Å². The van der Waals surface area contributed by atoms with Gasteiger partial charge in [0, 0.05) is 6.21 Å². The molecule has 0 radical (unpaired) electrons. The van der Waals surface area contributed by atoms with Gasteiger partial charge in [0.1, 0.15) is 10.6 Å². The zero-order chi connectivity index (χ0) is 19.4. The monoisotopic (exact) mass is 379 g/mol. The zero-order valence-corrected chi connectivity index (χ0v) is 16.3. The van der Waals surface area contributed by atoms with Crippen LogP contribution in [0.2, 0.25) is 0 Å². The predicted octanol–water partition coefficient (Wildman–Crippen LogP) is 5.13. The Morgan fingerprint density at radius 2 is 1.44 bits per heavy atom. The molecule has 0 aliphatic heterocycles. The van der Waals surface area contributed by atoms with E-state index in [2.05, 4.69) is 11.1 Å². The Hall–Kier alpha value is -2.92. The summed E-state index contributed by atoms with van der Waals surface area (Å²) in [5.74, 6) is 0.263. The summed E-state index contributed by atoms with van der Waals surface area (Å²) in [4.78, 5) is 4.63. The number of aryl methyl sites for hydroxylation is 3. The third-order valence-corrected chi connectivity index (χ3v) is 5.36. The number of nitrogens with zero attached hydrogens (tertiary/aromatic N) is 1. The quantitative estimate of drug-likeness (QED) is 0.456. The van der Waals surface area contributed by atoms with Gasteiger partial charge in [0.2, 0.25) is 0 Å². The van der Waals surface area contributed by atoms with Crippen LogP contribution in [0.4, 0.5) is 5.69 Å². The van der Waals surface area contributed by atoms with E-state index in [1.807, 2.05) is 32.9 Å². The van der Waals surface area contributed by atoms with E-state index in [1.165, 1.54) is 17.7 Å². The fraction of sp³-hybridized carbons (Fsp3) is 0.136. The van der Waals surface area contributed by atoms with E-state index < -0.39 is 10.1 Å². The van der Waals surface area contributed by atoms with Crippen molar-refractivity contribution >= 4 is 22.0 Å². The predicted molar refractivity (Wildman–Crippen MR) is 109 cm³/mol. The van der Waals surface area contributed by atoms with Crippen molar-refractivity contribution in [3.05, 3.63) is 89.0 Å². The SMILES string of the molecule is Cc1ccc(S(=O)(=O)Oc2ccc(C=Nc3ccc(C)cc3C)cc2)cc1. The first-order valence-corrected chi connectivity index (χ1v) is 9.97. The lowest BCUT2D eigenvalue weighted by molar-refractivity contribution is 0.486. The standard InChI is InChI=1S/C22H21NO3S/c1-16-4-11-21(12-5-16)27(24,25)26-20-9-7-19(8-10-20)15-23-22-13-6-17(2)14-18(22)3/h4-15H,1-3H3. The van der Waals surface area contributed by atoms with Crippen LogP contribution in [0.25, 0.3) is 0 Å². The van der Waals surface area contributed by atoms with Crippen molar-refractivity contribution in [1.82, 2.24) is 0 Å². The molecule has 3 rings (SSSR count). The summed E-state index contributed by atoms with van der Waals surface area (Å²) in [6.07, 6.45) is 1.75. The van der Waals surface area contributed by atoms with E-state index in [9.17, 15) is 8.42 Å². The van der Waals surface area contributed by atoms with Crippen LogP contribution < -0.4 is 4.18 Å². The molecule has 0 aliphatic rings. The third kappa shape index (κ3) is 4.83. The molecule has 0 fully saturated rings. The summed E-state index contributed by atoms with van der Waals surface area (Å²) in [5, 5.41) is 0. The Morgan fingerprint density at radius 1 is 0.815 bits per heavy atom. The van der Waals surface area contributed by atoms with Crippen molar-refractivity contribution in [2.75, 3.05) is 0 Å². The van der Waals surface area contributed by atoms with Gasteiger partial charge in [0.05, 0.1) is 5.69 Å². The highest BCUT2D eigenvalue weighted by atomic mass is 32.2. The van der Waals surface area contributed by atoms with Crippen LogP contribution >= 0.6 is 0 Å². The van der Waals surface area contributed by atoms with Crippen LogP contribution in [0, 0.1) is 20.8 Å². The summed E-state index contributed by atoms with van der Waals surface area (Å²) in [7, 11) is -3.84. The van der Waals surface area contributed by atoms with Crippen LogP contribution in [0.1, 0.15) is 22.3 Å². The van der Waals surface area contributed by atoms with Gasteiger partial charge in [-0.05, 0) is 74.4 Å². The summed E-state index contributed by atoms with van der Waals surface area (Å²) in [6, 6.07) is 19.4. The van der Waals surface area contributed by atoms with Crippen molar-refractivity contribution in [2.24, 2.45) is 4.99 Å². The highest BCUT2D eigenvalue weighted by molar-refractivity contribution is 7.87.